The average molecular weight is 266 g/mol. The van der Waals surface area contributed by atoms with Crippen LogP contribution in [0.3, 0.4) is 0 Å². The van der Waals surface area contributed by atoms with Crippen molar-refractivity contribution in [2.24, 2.45) is 5.73 Å². The van der Waals surface area contributed by atoms with Gasteiger partial charge < -0.3 is 5.73 Å². The Morgan fingerprint density at radius 3 is 2.65 bits per heavy atom. The van der Waals surface area contributed by atoms with E-state index in [-0.39, 0.29) is 5.82 Å². The lowest BCUT2D eigenvalue weighted by molar-refractivity contribution is 0.619. The summed E-state index contributed by atoms with van der Waals surface area (Å²) in [5.74, 6) is -0.200. The molecule has 3 heteroatoms. The van der Waals surface area contributed by atoms with Crippen LogP contribution in [-0.4, -0.2) is 4.98 Å². The Kier molecular flexibility index (Phi) is 3.20. The fourth-order valence-electron chi connectivity index (χ4n) is 2.37. The Morgan fingerprint density at radius 1 is 1.10 bits per heavy atom. The van der Waals surface area contributed by atoms with Gasteiger partial charge in [-0.1, -0.05) is 18.2 Å². The minimum atomic E-state index is -0.200. The van der Waals surface area contributed by atoms with Crippen LogP contribution in [0.4, 0.5) is 4.39 Å². The van der Waals surface area contributed by atoms with Gasteiger partial charge in [0.1, 0.15) is 5.82 Å². The topological polar surface area (TPSA) is 38.9 Å². The van der Waals surface area contributed by atoms with E-state index in [4.69, 9.17) is 5.73 Å². The fraction of sp³-hybridized carbons (Fsp3) is 0.118. The van der Waals surface area contributed by atoms with Gasteiger partial charge >= 0.3 is 0 Å². The van der Waals surface area contributed by atoms with Crippen LogP contribution in [0.25, 0.3) is 22.2 Å². The van der Waals surface area contributed by atoms with E-state index in [9.17, 15) is 4.39 Å². The Hall–Kier alpha value is -2.26. The summed E-state index contributed by atoms with van der Waals surface area (Å²) in [5.41, 5.74) is 10.1. The van der Waals surface area contributed by atoms with E-state index >= 15 is 0 Å². The number of para-hydroxylation sites is 1. The largest absolute Gasteiger partial charge is 0.326 e. The van der Waals surface area contributed by atoms with Crippen LogP contribution in [-0.2, 0) is 6.54 Å². The van der Waals surface area contributed by atoms with Gasteiger partial charge in [0.15, 0.2) is 0 Å². The molecule has 100 valence electrons. The molecule has 3 rings (SSSR count). The zero-order valence-electron chi connectivity index (χ0n) is 11.2. The van der Waals surface area contributed by atoms with Crippen molar-refractivity contribution in [1.29, 1.82) is 0 Å². The third-order valence-corrected chi connectivity index (χ3v) is 3.48. The first-order valence-corrected chi connectivity index (χ1v) is 6.54. The number of fused-ring (bicyclic) bond motifs is 1. The van der Waals surface area contributed by atoms with Crippen LogP contribution >= 0.6 is 0 Å². The lowest BCUT2D eigenvalue weighted by Gasteiger charge is -2.09. The maximum atomic E-state index is 13.4. The second-order valence-electron chi connectivity index (χ2n) is 4.85. The highest BCUT2D eigenvalue weighted by Gasteiger charge is 2.07. The number of hydrogen-bond acceptors (Lipinski definition) is 2. The molecule has 0 atom stereocenters. The van der Waals surface area contributed by atoms with Crippen LogP contribution in [0.1, 0.15) is 11.1 Å². The molecule has 0 spiro atoms. The number of pyridine rings is 1. The summed E-state index contributed by atoms with van der Waals surface area (Å²) in [6, 6.07) is 14.9. The van der Waals surface area contributed by atoms with Gasteiger partial charge in [0, 0.05) is 17.5 Å². The van der Waals surface area contributed by atoms with Crippen molar-refractivity contribution in [2.75, 3.05) is 0 Å². The van der Waals surface area contributed by atoms with Crippen molar-refractivity contribution >= 4 is 10.9 Å². The van der Waals surface area contributed by atoms with Crippen molar-refractivity contribution < 1.29 is 4.39 Å². The summed E-state index contributed by atoms with van der Waals surface area (Å²) in [5, 5.41) is 1.07. The van der Waals surface area contributed by atoms with E-state index < -0.39 is 0 Å². The van der Waals surface area contributed by atoms with Crippen LogP contribution in [0, 0.1) is 12.7 Å². The van der Waals surface area contributed by atoms with Crippen LogP contribution in [0.2, 0.25) is 0 Å². The average Bonchev–Trinajstić information content (AvgIpc) is 2.49. The molecular formula is C17H15FN2. The Morgan fingerprint density at radius 2 is 1.90 bits per heavy atom. The smallest absolute Gasteiger partial charge is 0.126 e. The highest BCUT2D eigenvalue weighted by Crippen LogP contribution is 2.25. The van der Waals surface area contributed by atoms with Gasteiger partial charge in [-0.3, -0.25) is 0 Å². The summed E-state index contributed by atoms with van der Waals surface area (Å²) in [4.78, 5) is 4.65. The van der Waals surface area contributed by atoms with Crippen molar-refractivity contribution in [2.45, 2.75) is 13.5 Å². The normalized spacial score (nSPS) is 10.9. The Bertz CT molecular complexity index is 781. The number of halogens is 1. The number of nitrogens with zero attached hydrogens (tertiary/aromatic N) is 1. The number of aromatic nitrogens is 1. The van der Waals surface area contributed by atoms with Crippen LogP contribution in [0.5, 0.6) is 0 Å². The maximum Gasteiger partial charge on any atom is 0.126 e. The van der Waals surface area contributed by atoms with Crippen molar-refractivity contribution in [3.05, 3.63) is 65.5 Å². The molecule has 2 N–H and O–H groups in total. The molecule has 0 aliphatic heterocycles. The Balaban J connectivity index is 2.23. The third kappa shape index (κ3) is 2.17. The molecule has 2 aromatic carbocycles. The predicted octanol–water partition coefficient (Wildman–Crippen LogP) is 3.81. The zero-order chi connectivity index (χ0) is 14.1. The zero-order valence-corrected chi connectivity index (χ0v) is 11.2. The molecule has 1 aromatic heterocycles. The van der Waals surface area contributed by atoms with E-state index in [0.29, 0.717) is 12.1 Å². The number of benzene rings is 2. The molecule has 0 saturated heterocycles. The Labute approximate surface area is 117 Å². The van der Waals surface area contributed by atoms with Gasteiger partial charge in [-0.05, 0) is 48.4 Å². The monoisotopic (exact) mass is 266 g/mol. The number of hydrogen-bond donors (Lipinski definition) is 1. The summed E-state index contributed by atoms with van der Waals surface area (Å²) < 4.78 is 13.4. The minimum Gasteiger partial charge on any atom is -0.326 e. The lowest BCUT2D eigenvalue weighted by Crippen LogP contribution is -1.99. The molecule has 0 amide bonds. The molecule has 0 unspecified atom stereocenters. The quantitative estimate of drug-likeness (QED) is 0.766. The summed E-state index contributed by atoms with van der Waals surface area (Å²) >= 11 is 0. The van der Waals surface area contributed by atoms with E-state index in [0.717, 1.165) is 27.7 Å². The standard InChI is InChI=1S/C17H15FN2/c1-11-8-12(6-7-15(11)18)17-9-13(10-19)14-4-2-3-5-16(14)20-17/h2-9H,10,19H2,1H3. The fourth-order valence-corrected chi connectivity index (χ4v) is 2.37. The first-order chi connectivity index (χ1) is 9.69. The summed E-state index contributed by atoms with van der Waals surface area (Å²) in [6.45, 7) is 2.21. The van der Waals surface area contributed by atoms with Gasteiger partial charge in [-0.2, -0.15) is 0 Å². The van der Waals surface area contributed by atoms with Crippen LogP contribution < -0.4 is 5.73 Å². The molecule has 0 fully saturated rings. The highest BCUT2D eigenvalue weighted by molar-refractivity contribution is 5.85. The van der Waals surface area contributed by atoms with Gasteiger partial charge in [0.05, 0.1) is 11.2 Å². The minimum absolute atomic E-state index is 0.200. The molecule has 2 nitrogen and oxygen atoms in total. The van der Waals surface area contributed by atoms with Crippen molar-refractivity contribution in [3.63, 3.8) is 0 Å². The first-order valence-electron chi connectivity index (χ1n) is 6.54. The van der Waals surface area contributed by atoms with Gasteiger partial charge in [-0.15, -0.1) is 0 Å². The number of rotatable bonds is 2. The second kappa shape index (κ2) is 5.02. The van der Waals surface area contributed by atoms with E-state index in [1.807, 2.05) is 36.4 Å². The molecule has 0 aliphatic carbocycles. The highest BCUT2D eigenvalue weighted by atomic mass is 19.1. The van der Waals surface area contributed by atoms with E-state index in [1.165, 1.54) is 6.07 Å². The lowest BCUT2D eigenvalue weighted by atomic mass is 10.0. The molecule has 0 bridgehead atoms. The molecule has 3 aromatic rings. The maximum absolute atomic E-state index is 13.4. The first kappa shape index (κ1) is 12.8. The van der Waals surface area contributed by atoms with Gasteiger partial charge in [0.25, 0.3) is 0 Å². The molecule has 1 heterocycles. The predicted molar refractivity (Wildman–Crippen MR) is 79.8 cm³/mol. The summed E-state index contributed by atoms with van der Waals surface area (Å²) in [6.07, 6.45) is 0. The van der Waals surface area contributed by atoms with Crippen molar-refractivity contribution in [3.8, 4) is 11.3 Å². The molecular weight excluding hydrogens is 251 g/mol. The van der Waals surface area contributed by atoms with E-state index in [2.05, 4.69) is 4.98 Å². The SMILES string of the molecule is Cc1cc(-c2cc(CN)c3ccccc3n2)ccc1F. The molecule has 0 aliphatic rings. The number of nitrogens with two attached hydrogens (primary N) is 1. The third-order valence-electron chi connectivity index (χ3n) is 3.48. The molecule has 0 radical (unpaired) electrons. The summed E-state index contributed by atoms with van der Waals surface area (Å²) in [7, 11) is 0. The van der Waals surface area contributed by atoms with Gasteiger partial charge in [-0.25, -0.2) is 9.37 Å². The second-order valence-corrected chi connectivity index (χ2v) is 4.85. The van der Waals surface area contributed by atoms with Gasteiger partial charge in [0.2, 0.25) is 0 Å². The number of aryl methyl sites for hydroxylation is 1. The molecule has 0 saturated carbocycles. The molecule has 20 heavy (non-hydrogen) atoms. The van der Waals surface area contributed by atoms with Crippen LogP contribution in [0.15, 0.2) is 48.5 Å². The van der Waals surface area contributed by atoms with E-state index in [1.54, 1.807) is 13.0 Å². The van der Waals surface area contributed by atoms with Crippen molar-refractivity contribution in [1.82, 2.24) is 4.98 Å².